The summed E-state index contributed by atoms with van der Waals surface area (Å²) < 4.78 is 0. The quantitative estimate of drug-likeness (QED) is 0.643. The van der Waals surface area contributed by atoms with Gasteiger partial charge in [0.25, 0.3) is 0 Å². The molecule has 1 aliphatic rings. The first-order valence-electron chi connectivity index (χ1n) is 5.68. The van der Waals surface area contributed by atoms with Gasteiger partial charge in [0.2, 0.25) is 0 Å². The van der Waals surface area contributed by atoms with E-state index in [0.717, 1.165) is 12.6 Å². The molecule has 1 fully saturated rings. The maximum Gasteiger partial charge on any atom is 0.0237 e. The lowest BCUT2D eigenvalue weighted by Crippen LogP contribution is -2.01. The highest BCUT2D eigenvalue weighted by Crippen LogP contribution is 2.25. The summed E-state index contributed by atoms with van der Waals surface area (Å²) in [5.74, 6) is 0. The predicted octanol–water partition coefficient (Wildman–Crippen LogP) is 3.06. The van der Waals surface area contributed by atoms with Crippen LogP contribution in [0.1, 0.15) is 31.7 Å². The number of hydrogen-bond acceptors (Lipinski definition) is 1. The fourth-order valence-corrected chi connectivity index (χ4v) is 1.95. The molecule has 0 aromatic heterocycles. The Morgan fingerprint density at radius 1 is 1.29 bits per heavy atom. The fourth-order valence-electron chi connectivity index (χ4n) is 1.95. The molecule has 1 aliphatic heterocycles. The zero-order valence-electron chi connectivity index (χ0n) is 8.95. The molecule has 2 rings (SSSR count). The van der Waals surface area contributed by atoms with Crippen molar-refractivity contribution >= 4 is 0 Å². The number of hydrogen-bond donors (Lipinski definition) is 0. The lowest BCUT2D eigenvalue weighted by atomic mass is 10.2. The van der Waals surface area contributed by atoms with Crippen LogP contribution in [-0.2, 0) is 6.54 Å². The molecule has 1 aromatic carbocycles. The number of rotatable bonds is 5. The molecule has 76 valence electrons. The van der Waals surface area contributed by atoms with Gasteiger partial charge in [-0.1, -0.05) is 50.1 Å². The van der Waals surface area contributed by atoms with Crippen LogP contribution in [0.4, 0.5) is 0 Å². The zero-order chi connectivity index (χ0) is 9.80. The molecule has 0 radical (unpaired) electrons. The van der Waals surface area contributed by atoms with Gasteiger partial charge in [-0.05, 0) is 12.0 Å². The van der Waals surface area contributed by atoms with E-state index in [1.54, 1.807) is 0 Å². The normalized spacial score (nSPS) is 24.9. The van der Waals surface area contributed by atoms with Crippen molar-refractivity contribution in [2.75, 3.05) is 6.54 Å². The molecule has 0 aliphatic carbocycles. The van der Waals surface area contributed by atoms with Gasteiger partial charge in [-0.15, -0.1) is 0 Å². The minimum absolute atomic E-state index is 0.884. The molecule has 0 spiro atoms. The van der Waals surface area contributed by atoms with Gasteiger partial charge in [-0.2, -0.15) is 0 Å². The van der Waals surface area contributed by atoms with E-state index in [1.807, 2.05) is 0 Å². The Morgan fingerprint density at radius 2 is 2.07 bits per heavy atom. The summed E-state index contributed by atoms with van der Waals surface area (Å²) in [6.45, 7) is 4.73. The maximum atomic E-state index is 2.56. The molecular formula is C13H19N. The number of unbranched alkanes of at least 4 members (excludes halogenated alkanes) is 1. The van der Waals surface area contributed by atoms with E-state index >= 15 is 0 Å². The fraction of sp³-hybridized carbons (Fsp3) is 0.538. The average Bonchev–Trinajstić information content (AvgIpc) is 2.95. The second-order valence-corrected chi connectivity index (χ2v) is 4.21. The highest BCUT2D eigenvalue weighted by molar-refractivity contribution is 5.15. The Bertz CT molecular complexity index is 268. The maximum absolute atomic E-state index is 2.56. The van der Waals surface area contributed by atoms with E-state index in [4.69, 9.17) is 0 Å². The van der Waals surface area contributed by atoms with Crippen molar-refractivity contribution in [2.45, 2.75) is 38.8 Å². The Hall–Kier alpha value is -0.820. The van der Waals surface area contributed by atoms with Crippen LogP contribution in [0.5, 0.6) is 0 Å². The first-order chi connectivity index (χ1) is 6.90. The molecule has 1 saturated heterocycles. The molecule has 0 amide bonds. The molecule has 1 heteroatoms. The lowest BCUT2D eigenvalue weighted by Gasteiger charge is -2.03. The molecule has 2 atom stereocenters. The molecule has 1 aromatic rings. The van der Waals surface area contributed by atoms with Crippen LogP contribution < -0.4 is 0 Å². The van der Waals surface area contributed by atoms with Gasteiger partial charge >= 0.3 is 0 Å². The van der Waals surface area contributed by atoms with Crippen LogP contribution in [0.2, 0.25) is 0 Å². The van der Waals surface area contributed by atoms with Crippen molar-refractivity contribution in [1.82, 2.24) is 4.90 Å². The standard InChI is InChI=1S/C13H19N/c1-2-3-9-13-11-14(13)10-12-7-5-4-6-8-12/h4-8,13H,2-3,9-11H2,1H3/t13-,14?/m1/s1. The van der Waals surface area contributed by atoms with Crippen molar-refractivity contribution in [3.8, 4) is 0 Å². The van der Waals surface area contributed by atoms with Crippen molar-refractivity contribution in [3.05, 3.63) is 35.9 Å². The summed E-state index contributed by atoms with van der Waals surface area (Å²) in [5, 5.41) is 0. The average molecular weight is 189 g/mol. The molecule has 1 nitrogen and oxygen atoms in total. The summed E-state index contributed by atoms with van der Waals surface area (Å²) in [6, 6.07) is 11.7. The molecule has 0 N–H and O–H groups in total. The van der Waals surface area contributed by atoms with Crippen molar-refractivity contribution in [2.24, 2.45) is 0 Å². The minimum atomic E-state index is 0.884. The van der Waals surface area contributed by atoms with Crippen LogP contribution in [0.15, 0.2) is 30.3 Å². The zero-order valence-corrected chi connectivity index (χ0v) is 8.95. The van der Waals surface area contributed by atoms with Gasteiger partial charge in [0.15, 0.2) is 0 Å². The van der Waals surface area contributed by atoms with Gasteiger partial charge in [0.1, 0.15) is 0 Å². The van der Waals surface area contributed by atoms with Crippen LogP contribution in [0.3, 0.4) is 0 Å². The lowest BCUT2D eigenvalue weighted by molar-refractivity contribution is 0.479. The van der Waals surface area contributed by atoms with Gasteiger partial charge in [-0.3, -0.25) is 4.90 Å². The molecule has 1 unspecified atom stereocenters. The van der Waals surface area contributed by atoms with Gasteiger partial charge in [0.05, 0.1) is 0 Å². The molecule has 1 heterocycles. The monoisotopic (exact) mass is 189 g/mol. The van der Waals surface area contributed by atoms with Crippen LogP contribution in [0.25, 0.3) is 0 Å². The number of nitrogens with zero attached hydrogens (tertiary/aromatic N) is 1. The smallest absolute Gasteiger partial charge is 0.0237 e. The van der Waals surface area contributed by atoms with Gasteiger partial charge in [0, 0.05) is 19.1 Å². The Kier molecular flexibility index (Phi) is 3.20. The van der Waals surface area contributed by atoms with E-state index in [-0.39, 0.29) is 0 Å². The van der Waals surface area contributed by atoms with Crippen molar-refractivity contribution in [1.29, 1.82) is 0 Å². The summed E-state index contributed by atoms with van der Waals surface area (Å²) in [7, 11) is 0. The number of benzene rings is 1. The second-order valence-electron chi connectivity index (χ2n) is 4.21. The Balaban J connectivity index is 1.74. The first-order valence-corrected chi connectivity index (χ1v) is 5.68. The third-order valence-electron chi connectivity index (χ3n) is 2.95. The summed E-state index contributed by atoms with van der Waals surface area (Å²) in [6.07, 6.45) is 4.11. The third-order valence-corrected chi connectivity index (χ3v) is 2.95. The highest BCUT2D eigenvalue weighted by Gasteiger charge is 2.32. The van der Waals surface area contributed by atoms with Crippen molar-refractivity contribution in [3.63, 3.8) is 0 Å². The Morgan fingerprint density at radius 3 is 2.79 bits per heavy atom. The van der Waals surface area contributed by atoms with E-state index in [0.29, 0.717) is 0 Å². The topological polar surface area (TPSA) is 3.01 Å². The molecule has 14 heavy (non-hydrogen) atoms. The van der Waals surface area contributed by atoms with E-state index in [2.05, 4.69) is 42.2 Å². The van der Waals surface area contributed by atoms with E-state index in [9.17, 15) is 0 Å². The summed E-state index contributed by atoms with van der Waals surface area (Å²) in [5.41, 5.74) is 1.45. The van der Waals surface area contributed by atoms with Gasteiger partial charge < -0.3 is 0 Å². The molecular weight excluding hydrogens is 170 g/mol. The summed E-state index contributed by atoms with van der Waals surface area (Å²) >= 11 is 0. The van der Waals surface area contributed by atoms with Crippen molar-refractivity contribution < 1.29 is 0 Å². The third kappa shape index (κ3) is 2.58. The predicted molar refractivity (Wildman–Crippen MR) is 60.2 cm³/mol. The van der Waals surface area contributed by atoms with Gasteiger partial charge in [-0.25, -0.2) is 0 Å². The SMILES string of the molecule is CCCC[C@@H]1CN1Cc1ccccc1. The second kappa shape index (κ2) is 4.61. The van der Waals surface area contributed by atoms with Crippen LogP contribution >= 0.6 is 0 Å². The summed E-state index contributed by atoms with van der Waals surface area (Å²) in [4.78, 5) is 2.56. The van der Waals surface area contributed by atoms with Crippen LogP contribution in [-0.4, -0.2) is 17.5 Å². The molecule has 0 saturated carbocycles. The minimum Gasteiger partial charge on any atom is -0.293 e. The Labute approximate surface area is 86.7 Å². The van der Waals surface area contributed by atoms with E-state index in [1.165, 1.54) is 31.4 Å². The van der Waals surface area contributed by atoms with Crippen LogP contribution in [0, 0.1) is 0 Å². The van der Waals surface area contributed by atoms with E-state index < -0.39 is 0 Å². The first kappa shape index (κ1) is 9.72. The molecule has 0 bridgehead atoms. The highest BCUT2D eigenvalue weighted by atomic mass is 15.3. The largest absolute Gasteiger partial charge is 0.293 e.